The van der Waals surface area contributed by atoms with E-state index in [0.717, 1.165) is 43.6 Å². The predicted molar refractivity (Wildman–Crippen MR) is 318 cm³/mol. The average Bonchev–Trinajstić information content (AvgIpc) is 0.968. The Morgan fingerprint density at radius 3 is 1.36 bits per heavy atom. The Balaban J connectivity index is 2.91. The van der Waals surface area contributed by atoms with Gasteiger partial charge in [-0.15, -0.1) is 10.3 Å². The lowest BCUT2D eigenvalue weighted by Gasteiger charge is -2.54. The monoisotopic (exact) mass is 1190 g/mol. The number of hydrogen-bond donors (Lipinski definition) is 11. The maximum absolute atomic E-state index is 14.1. The second-order valence-corrected chi connectivity index (χ2v) is 26.2. The molecule has 1 saturated heterocycles. The zero-order valence-corrected chi connectivity index (χ0v) is 53.9. The van der Waals surface area contributed by atoms with E-state index in [1.165, 1.54) is 34.8 Å². The topological polar surface area (TPSA) is 352 Å². The van der Waals surface area contributed by atoms with E-state index >= 15 is 0 Å². The summed E-state index contributed by atoms with van der Waals surface area (Å²) in [5.74, 6) is -8.01. The van der Waals surface area contributed by atoms with Crippen LogP contribution in [0.15, 0.2) is 0 Å². The van der Waals surface area contributed by atoms with Crippen molar-refractivity contribution in [1.29, 1.82) is 0 Å². The largest absolute Gasteiger partial charge is 0.467 e. The van der Waals surface area contributed by atoms with Crippen LogP contribution in [0.3, 0.4) is 0 Å². The van der Waals surface area contributed by atoms with Gasteiger partial charge in [-0.1, -0.05) is 101 Å². The summed E-state index contributed by atoms with van der Waals surface area (Å²) < 4.78 is 4.85. The Hall–Kier alpha value is -5.95. The summed E-state index contributed by atoms with van der Waals surface area (Å²) in [5, 5.41) is 43.7. The molecule has 0 aliphatic carbocycles. The summed E-state index contributed by atoms with van der Waals surface area (Å²) in [4.78, 5) is 147. The van der Waals surface area contributed by atoms with Gasteiger partial charge in [-0.25, -0.2) is 4.79 Å². The van der Waals surface area contributed by atoms with Crippen LogP contribution >= 0.6 is 0 Å². The normalized spacial score (nSPS) is 16.6. The number of piperidine rings is 1. The van der Waals surface area contributed by atoms with Gasteiger partial charge in [0.1, 0.15) is 40.8 Å². The van der Waals surface area contributed by atoms with Crippen LogP contribution in [0.4, 0.5) is 0 Å². The van der Waals surface area contributed by atoms with Gasteiger partial charge in [-0.3, -0.25) is 47.9 Å². The first-order chi connectivity index (χ1) is 38.8. The zero-order chi connectivity index (χ0) is 64.6. The minimum atomic E-state index is -1.61. The molecule has 0 aromatic heterocycles. The standard InChI is InChI=1S/C59H107N12O13/c1-19-21-22-23-24-25-26-64-59(34-55(10,11)71(83)56(12,13)35-59)54(82)63-32-45(74)66-41(28-37(5)6)49(77)69-57(14,15)52(80)61-30-43(72)60-31-44(73)65-40(27-36(3)4)48(76)70-58(16,17)53(81)62-33-46(75)68-47(39(9)20-2)50(78)67-42(29-38(7)8)51(79)84-18/h36-42,47,64H,19-35H2,1-18H3,(H,60,72)(H,61,80)(H,62,81)(H,63,82)(H,65,73)(H,66,74)(H,67,78)(H,68,75)(H,69,77)(H,70,76)/t39-,40-,41-,42-,47-/m0/s1. The van der Waals surface area contributed by atoms with E-state index in [2.05, 4.69) is 65.4 Å². The van der Waals surface area contributed by atoms with Crippen LogP contribution in [0.5, 0.6) is 0 Å². The number of amides is 10. The first-order valence-electron chi connectivity index (χ1n) is 30.0. The molecule has 25 nitrogen and oxygen atoms in total. The third-order valence-electron chi connectivity index (χ3n) is 14.7. The van der Waals surface area contributed by atoms with Crippen molar-refractivity contribution in [1.82, 2.24) is 63.5 Å². The lowest BCUT2D eigenvalue weighted by molar-refractivity contribution is -0.296. The molecule has 84 heavy (non-hydrogen) atoms. The molecule has 25 heteroatoms. The first kappa shape index (κ1) is 76.1. The summed E-state index contributed by atoms with van der Waals surface area (Å²) in [5.41, 5.74) is -6.17. The number of carbonyl (C=O) groups excluding carboxylic acids is 11. The molecule has 0 aromatic carbocycles. The van der Waals surface area contributed by atoms with Crippen LogP contribution in [0.2, 0.25) is 0 Å². The Labute approximate surface area is 499 Å². The fraction of sp³-hybridized carbons (Fsp3) is 0.814. The predicted octanol–water partition coefficient (Wildman–Crippen LogP) is 2.22. The third-order valence-corrected chi connectivity index (χ3v) is 14.7. The van der Waals surface area contributed by atoms with E-state index in [0.29, 0.717) is 19.4 Å². The fourth-order valence-corrected chi connectivity index (χ4v) is 10.3. The van der Waals surface area contributed by atoms with Crippen LogP contribution in [-0.4, -0.2) is 162 Å². The van der Waals surface area contributed by atoms with Crippen LogP contribution in [-0.2, 0) is 62.7 Å². The molecule has 1 aliphatic heterocycles. The highest BCUT2D eigenvalue weighted by molar-refractivity contribution is 5.98. The number of hydrogen-bond acceptors (Lipinski definition) is 14. The van der Waals surface area contributed by atoms with Gasteiger partial charge in [0.05, 0.1) is 33.3 Å². The van der Waals surface area contributed by atoms with E-state index in [4.69, 9.17) is 4.74 Å². The maximum Gasteiger partial charge on any atom is 0.328 e. The summed E-state index contributed by atoms with van der Waals surface area (Å²) in [6.45, 7) is 27.9. The van der Waals surface area contributed by atoms with Crippen molar-refractivity contribution in [3.05, 3.63) is 0 Å². The molecule has 1 fully saturated rings. The van der Waals surface area contributed by atoms with E-state index in [9.17, 15) is 57.9 Å². The molecule has 0 unspecified atom stereocenters. The smallest absolute Gasteiger partial charge is 0.328 e. The highest BCUT2D eigenvalue weighted by atomic mass is 16.5. The van der Waals surface area contributed by atoms with Crippen molar-refractivity contribution in [3.63, 3.8) is 0 Å². The molecule has 0 saturated carbocycles. The number of hydroxylamine groups is 2. The SMILES string of the molecule is CCCCCCCCNC1(C(=O)NCC(=O)N[C@@H](CC(C)C)C(=O)NC(C)(C)C(=O)NCC(=O)NCC(=O)N[C@@H](CC(C)C)C(=O)NC(C)(C)C(=O)NCC(=O)N[C@H](C(=O)N[C@@H](CC(C)C)C(=O)OC)[C@@H](C)CC)CC(C)(C)N([O])C(C)(C)C1. The molecule has 11 N–H and O–H groups in total. The fourth-order valence-electron chi connectivity index (χ4n) is 10.3. The van der Waals surface area contributed by atoms with Gasteiger partial charge in [0.2, 0.25) is 59.1 Å². The molecule has 0 spiro atoms. The molecule has 0 aromatic rings. The minimum absolute atomic E-state index is 0.0483. The summed E-state index contributed by atoms with van der Waals surface area (Å²) in [7, 11) is 1.21. The number of methoxy groups -OCH3 is 1. The number of carbonyl (C=O) groups is 11. The van der Waals surface area contributed by atoms with Crippen LogP contribution in [0, 0.1) is 23.7 Å². The van der Waals surface area contributed by atoms with Gasteiger partial charge in [0.25, 0.3) is 0 Å². The van der Waals surface area contributed by atoms with E-state index < -0.39 is 143 Å². The van der Waals surface area contributed by atoms with E-state index in [1.807, 2.05) is 48.5 Å². The number of rotatable bonds is 37. The quantitative estimate of drug-likeness (QED) is 0.0314. The van der Waals surface area contributed by atoms with Gasteiger partial charge in [0, 0.05) is 11.1 Å². The van der Waals surface area contributed by atoms with Crippen molar-refractivity contribution in [3.8, 4) is 0 Å². The Bertz CT molecular complexity index is 2220. The molecule has 0 bridgehead atoms. The van der Waals surface area contributed by atoms with Gasteiger partial charge >= 0.3 is 5.97 Å². The highest BCUT2D eigenvalue weighted by Crippen LogP contribution is 2.43. The van der Waals surface area contributed by atoms with Gasteiger partial charge in [-0.2, -0.15) is 0 Å². The molecule has 481 valence electrons. The van der Waals surface area contributed by atoms with Gasteiger partial charge < -0.3 is 63.2 Å². The van der Waals surface area contributed by atoms with Crippen molar-refractivity contribution >= 4 is 65.0 Å². The number of unbranched alkanes of at least 4 members (excludes halogenated alkanes) is 5. The molecule has 5 atom stereocenters. The molecule has 1 radical (unpaired) electrons. The van der Waals surface area contributed by atoms with Crippen molar-refractivity contribution in [2.24, 2.45) is 23.7 Å². The van der Waals surface area contributed by atoms with Crippen molar-refractivity contribution < 1.29 is 62.7 Å². The highest BCUT2D eigenvalue weighted by Gasteiger charge is 2.56. The van der Waals surface area contributed by atoms with Crippen LogP contribution < -0.4 is 58.5 Å². The Morgan fingerprint density at radius 1 is 0.512 bits per heavy atom. The van der Waals surface area contributed by atoms with Crippen molar-refractivity contribution in [2.45, 2.75) is 247 Å². The molecule has 10 amide bonds. The summed E-state index contributed by atoms with van der Waals surface area (Å²) in [6, 6.07) is -4.26. The Kier molecular flexibility index (Phi) is 31.6. The minimum Gasteiger partial charge on any atom is -0.467 e. The molecular formula is C59H107N12O13. The molecular weight excluding hydrogens is 1080 g/mol. The molecule has 1 heterocycles. The van der Waals surface area contributed by atoms with Crippen LogP contribution in [0.25, 0.3) is 0 Å². The lowest BCUT2D eigenvalue weighted by Crippen LogP contribution is -2.72. The van der Waals surface area contributed by atoms with Gasteiger partial charge in [0.15, 0.2) is 0 Å². The number of esters is 1. The number of ether oxygens (including phenoxy) is 1. The van der Waals surface area contributed by atoms with E-state index in [1.54, 1.807) is 34.6 Å². The number of nitrogens with one attached hydrogen (secondary N) is 11. The summed E-state index contributed by atoms with van der Waals surface area (Å²) >= 11 is 0. The third kappa shape index (κ3) is 26.1. The molecule has 1 aliphatic rings. The number of nitrogens with zero attached hydrogens (tertiary/aromatic N) is 1. The maximum atomic E-state index is 14.1. The average molecular weight is 1190 g/mol. The van der Waals surface area contributed by atoms with Crippen LogP contribution in [0.1, 0.15) is 195 Å². The second-order valence-electron chi connectivity index (χ2n) is 26.2. The molecule has 1 rings (SSSR count). The first-order valence-corrected chi connectivity index (χ1v) is 30.0. The van der Waals surface area contributed by atoms with Crippen molar-refractivity contribution in [2.75, 3.05) is 39.8 Å². The van der Waals surface area contributed by atoms with E-state index in [-0.39, 0.29) is 49.4 Å². The second kappa shape index (κ2) is 34.9. The summed E-state index contributed by atoms with van der Waals surface area (Å²) in [6.07, 6.45) is 7.85. The Morgan fingerprint density at radius 2 is 0.917 bits per heavy atom. The zero-order valence-electron chi connectivity index (χ0n) is 53.9. The lowest BCUT2D eigenvalue weighted by atomic mass is 9.69. The van der Waals surface area contributed by atoms with Gasteiger partial charge in [-0.05, 0) is 124 Å².